The highest BCUT2D eigenvalue weighted by Crippen LogP contribution is 2.17. The number of amides is 1. The second-order valence-corrected chi connectivity index (χ2v) is 9.51. The zero-order chi connectivity index (χ0) is 22.6. The standard InChI is InChI=1S/C20H26INO7/c1-19(2,3)28-15(23)10-14(18(27)29-20(4,5)6)22-16(24)11-7-8-12(17(25)26)13(21)9-11/h7-9,14H,10H2,1-6H3,(H,22,24)(H,25,26). The minimum atomic E-state index is -1.26. The van der Waals surface area contributed by atoms with Gasteiger partial charge in [-0.3, -0.25) is 9.59 Å². The molecular weight excluding hydrogens is 493 g/mol. The molecule has 0 spiro atoms. The molecule has 0 saturated carbocycles. The van der Waals surface area contributed by atoms with Crippen LogP contribution in [0, 0.1) is 3.57 Å². The van der Waals surface area contributed by atoms with Gasteiger partial charge in [0.2, 0.25) is 0 Å². The normalized spacial score (nSPS) is 12.7. The van der Waals surface area contributed by atoms with Crippen LogP contribution in [-0.2, 0) is 19.1 Å². The molecular formula is C20H26INO7. The van der Waals surface area contributed by atoms with Crippen LogP contribution in [0.4, 0.5) is 0 Å². The molecule has 0 aliphatic rings. The number of nitrogens with one attached hydrogen (secondary N) is 1. The van der Waals surface area contributed by atoms with Gasteiger partial charge in [0, 0.05) is 9.13 Å². The van der Waals surface area contributed by atoms with Crippen molar-refractivity contribution in [2.24, 2.45) is 0 Å². The summed E-state index contributed by atoms with van der Waals surface area (Å²) in [4.78, 5) is 48.4. The first kappa shape index (κ1) is 24.9. The molecule has 0 aromatic heterocycles. The van der Waals surface area contributed by atoms with Gasteiger partial charge in [-0.2, -0.15) is 0 Å². The maximum Gasteiger partial charge on any atom is 0.336 e. The molecule has 1 unspecified atom stereocenters. The molecule has 9 heteroatoms. The molecule has 0 bridgehead atoms. The molecule has 1 aromatic rings. The monoisotopic (exact) mass is 519 g/mol. The molecule has 0 heterocycles. The average Bonchev–Trinajstić information content (AvgIpc) is 2.50. The molecule has 0 radical (unpaired) electrons. The van der Waals surface area contributed by atoms with Gasteiger partial charge < -0.3 is 19.9 Å². The number of hydrogen-bond donors (Lipinski definition) is 2. The third kappa shape index (κ3) is 8.80. The fourth-order valence-electron chi connectivity index (χ4n) is 2.19. The van der Waals surface area contributed by atoms with Crippen LogP contribution in [0.3, 0.4) is 0 Å². The van der Waals surface area contributed by atoms with Gasteiger partial charge >= 0.3 is 17.9 Å². The molecule has 1 aromatic carbocycles. The Bertz CT molecular complexity index is 806. The van der Waals surface area contributed by atoms with E-state index in [9.17, 15) is 19.2 Å². The Morgan fingerprint density at radius 1 is 1.03 bits per heavy atom. The molecule has 29 heavy (non-hydrogen) atoms. The van der Waals surface area contributed by atoms with Crippen molar-refractivity contribution in [3.05, 3.63) is 32.9 Å². The number of hydrogen-bond acceptors (Lipinski definition) is 6. The van der Waals surface area contributed by atoms with Crippen LogP contribution in [0.25, 0.3) is 0 Å². The van der Waals surface area contributed by atoms with Crippen molar-refractivity contribution in [1.29, 1.82) is 0 Å². The van der Waals surface area contributed by atoms with Gasteiger partial charge in [0.1, 0.15) is 17.2 Å². The first-order valence-electron chi connectivity index (χ1n) is 8.87. The molecule has 1 rings (SSSR count). The molecule has 0 aliphatic heterocycles. The maximum absolute atomic E-state index is 12.6. The van der Waals surface area contributed by atoms with E-state index in [4.69, 9.17) is 14.6 Å². The molecule has 1 amide bonds. The smallest absolute Gasteiger partial charge is 0.336 e. The van der Waals surface area contributed by atoms with Crippen LogP contribution in [0.5, 0.6) is 0 Å². The summed E-state index contributed by atoms with van der Waals surface area (Å²) in [5, 5.41) is 11.6. The number of carboxylic acid groups (broad SMARTS) is 1. The minimum absolute atomic E-state index is 0.0552. The molecule has 0 fully saturated rings. The van der Waals surface area contributed by atoms with Crippen molar-refractivity contribution >= 4 is 46.4 Å². The fraction of sp³-hybridized carbons (Fsp3) is 0.500. The Kier molecular flexibility index (Phi) is 8.19. The number of carbonyl (C=O) groups excluding carboxylic acids is 3. The van der Waals surface area contributed by atoms with E-state index in [0.717, 1.165) is 0 Å². The SMILES string of the molecule is CC(C)(C)OC(=O)CC(NC(=O)c1ccc(C(=O)O)c(I)c1)C(=O)OC(C)(C)C. The Hall–Kier alpha value is -2.17. The topological polar surface area (TPSA) is 119 Å². The van der Waals surface area contributed by atoms with Crippen LogP contribution in [0.2, 0.25) is 0 Å². The van der Waals surface area contributed by atoms with E-state index in [1.165, 1.54) is 18.2 Å². The first-order chi connectivity index (χ1) is 13.1. The highest BCUT2D eigenvalue weighted by molar-refractivity contribution is 14.1. The van der Waals surface area contributed by atoms with Crippen molar-refractivity contribution in [3.63, 3.8) is 0 Å². The molecule has 160 valence electrons. The molecule has 2 N–H and O–H groups in total. The fourth-order valence-corrected chi connectivity index (χ4v) is 2.93. The molecule has 0 aliphatic carbocycles. The third-order valence-electron chi connectivity index (χ3n) is 3.25. The lowest BCUT2D eigenvalue weighted by molar-refractivity contribution is -0.164. The zero-order valence-electron chi connectivity index (χ0n) is 17.3. The van der Waals surface area contributed by atoms with Gasteiger partial charge in [-0.25, -0.2) is 9.59 Å². The molecule has 0 saturated heterocycles. The van der Waals surface area contributed by atoms with E-state index in [1.807, 2.05) is 22.6 Å². The number of benzene rings is 1. The van der Waals surface area contributed by atoms with Gasteiger partial charge in [-0.15, -0.1) is 0 Å². The van der Waals surface area contributed by atoms with Gasteiger partial charge in [0.15, 0.2) is 0 Å². The van der Waals surface area contributed by atoms with Crippen LogP contribution >= 0.6 is 22.6 Å². The number of esters is 2. The van der Waals surface area contributed by atoms with Crippen LogP contribution in [-0.4, -0.2) is 46.2 Å². The summed E-state index contributed by atoms with van der Waals surface area (Å²) in [5.41, 5.74) is -1.36. The Labute approximate surface area is 183 Å². The predicted molar refractivity (Wildman–Crippen MR) is 114 cm³/mol. The predicted octanol–water partition coefficient (Wildman–Crippen LogP) is 3.16. The van der Waals surface area contributed by atoms with Gasteiger partial charge in [0.25, 0.3) is 5.91 Å². The third-order valence-corrected chi connectivity index (χ3v) is 4.14. The lowest BCUT2D eigenvalue weighted by atomic mass is 10.1. The maximum atomic E-state index is 12.6. The summed E-state index contributed by atoms with van der Waals surface area (Å²) in [6.07, 6.45) is -0.401. The number of ether oxygens (including phenoxy) is 2. The van der Waals surface area contributed by atoms with Crippen molar-refractivity contribution in [1.82, 2.24) is 5.32 Å². The number of carboxylic acids is 1. The number of aromatic carboxylic acids is 1. The Balaban J connectivity index is 3.05. The minimum Gasteiger partial charge on any atom is -0.478 e. The second-order valence-electron chi connectivity index (χ2n) is 8.35. The zero-order valence-corrected chi connectivity index (χ0v) is 19.4. The summed E-state index contributed by atoms with van der Waals surface area (Å²) in [6.45, 7) is 10.1. The largest absolute Gasteiger partial charge is 0.478 e. The average molecular weight is 519 g/mol. The highest BCUT2D eigenvalue weighted by atomic mass is 127. The Morgan fingerprint density at radius 2 is 1.59 bits per heavy atom. The number of rotatable bonds is 6. The van der Waals surface area contributed by atoms with Gasteiger partial charge in [0.05, 0.1) is 12.0 Å². The van der Waals surface area contributed by atoms with E-state index < -0.39 is 47.5 Å². The summed E-state index contributed by atoms with van der Waals surface area (Å²) in [5.74, 6) is -3.18. The van der Waals surface area contributed by atoms with Gasteiger partial charge in [-0.05, 0) is 82.3 Å². The van der Waals surface area contributed by atoms with Crippen molar-refractivity contribution < 1.29 is 33.8 Å². The van der Waals surface area contributed by atoms with Crippen LogP contribution < -0.4 is 5.32 Å². The molecule has 1 atom stereocenters. The summed E-state index contributed by atoms with van der Waals surface area (Å²) in [6, 6.07) is 2.77. The first-order valence-corrected chi connectivity index (χ1v) is 9.95. The lowest BCUT2D eigenvalue weighted by Gasteiger charge is -2.25. The summed E-state index contributed by atoms with van der Waals surface area (Å²) < 4.78 is 10.9. The van der Waals surface area contributed by atoms with E-state index in [1.54, 1.807) is 41.5 Å². The lowest BCUT2D eigenvalue weighted by Crippen LogP contribution is -2.46. The van der Waals surface area contributed by atoms with Crippen LogP contribution in [0.1, 0.15) is 68.7 Å². The highest BCUT2D eigenvalue weighted by Gasteiger charge is 2.31. The van der Waals surface area contributed by atoms with Gasteiger partial charge in [-0.1, -0.05) is 0 Å². The van der Waals surface area contributed by atoms with Crippen LogP contribution in [0.15, 0.2) is 18.2 Å². The van der Waals surface area contributed by atoms with Crippen molar-refractivity contribution in [3.8, 4) is 0 Å². The van der Waals surface area contributed by atoms with E-state index in [2.05, 4.69) is 5.32 Å². The van der Waals surface area contributed by atoms with Crippen molar-refractivity contribution in [2.45, 2.75) is 65.2 Å². The molecule has 8 nitrogen and oxygen atoms in total. The van der Waals surface area contributed by atoms with E-state index in [0.29, 0.717) is 3.57 Å². The van der Waals surface area contributed by atoms with Crippen molar-refractivity contribution in [2.75, 3.05) is 0 Å². The Morgan fingerprint density at radius 3 is 2.03 bits per heavy atom. The van der Waals surface area contributed by atoms with E-state index in [-0.39, 0.29) is 11.1 Å². The van der Waals surface area contributed by atoms with E-state index >= 15 is 0 Å². The number of halogens is 1. The summed E-state index contributed by atoms with van der Waals surface area (Å²) in [7, 11) is 0. The summed E-state index contributed by atoms with van der Waals surface area (Å²) >= 11 is 1.81. The number of carbonyl (C=O) groups is 4. The quantitative estimate of drug-likeness (QED) is 0.438. The second kappa shape index (κ2) is 9.55.